The molecule has 0 aromatic heterocycles. The number of nitro groups is 1. The average Bonchev–Trinajstić information content (AvgIpc) is 2.85. The first-order valence-corrected chi connectivity index (χ1v) is 13.7. The number of aryl methyl sites for hydroxylation is 1. The van der Waals surface area contributed by atoms with Crippen molar-refractivity contribution in [2.75, 3.05) is 30.8 Å². The second-order valence-electron chi connectivity index (χ2n) is 8.58. The summed E-state index contributed by atoms with van der Waals surface area (Å²) in [6.45, 7) is 5.13. The SMILES string of the molecule is CCCNC(=O)C(CC)N(Cc1ccc(OC)cc1)C(=O)CN(c1cc([N+](=O)[O-])ccc1C)S(C)(=O)=O. The molecule has 37 heavy (non-hydrogen) atoms. The zero-order chi connectivity index (χ0) is 27.8. The second-order valence-corrected chi connectivity index (χ2v) is 10.5. The van der Waals surface area contributed by atoms with Gasteiger partial charge in [-0.15, -0.1) is 0 Å². The van der Waals surface area contributed by atoms with Gasteiger partial charge in [-0.1, -0.05) is 32.0 Å². The normalized spacial score (nSPS) is 11.9. The van der Waals surface area contributed by atoms with Gasteiger partial charge < -0.3 is 15.0 Å². The fourth-order valence-corrected chi connectivity index (χ4v) is 4.69. The van der Waals surface area contributed by atoms with Gasteiger partial charge in [-0.3, -0.25) is 24.0 Å². The lowest BCUT2D eigenvalue weighted by atomic mass is 10.1. The molecule has 2 amide bonds. The first-order valence-electron chi connectivity index (χ1n) is 11.9. The van der Waals surface area contributed by atoms with Crippen molar-refractivity contribution in [2.45, 2.75) is 46.2 Å². The van der Waals surface area contributed by atoms with Crippen molar-refractivity contribution in [2.24, 2.45) is 0 Å². The van der Waals surface area contributed by atoms with Crippen LogP contribution in [0.4, 0.5) is 11.4 Å². The van der Waals surface area contributed by atoms with Crippen LogP contribution < -0.4 is 14.4 Å². The molecule has 0 aliphatic heterocycles. The minimum absolute atomic E-state index is 0.0259. The summed E-state index contributed by atoms with van der Waals surface area (Å²) < 4.78 is 31.5. The Hall–Kier alpha value is -3.67. The first kappa shape index (κ1) is 29.6. The summed E-state index contributed by atoms with van der Waals surface area (Å²) in [4.78, 5) is 38.7. The number of nitro benzene ring substituents is 1. The van der Waals surface area contributed by atoms with Gasteiger partial charge in [0.25, 0.3) is 5.69 Å². The standard InChI is InChI=1S/C25H34N4O7S/c1-6-14-26-25(31)22(7-2)27(16-19-9-12-21(36-4)13-10-19)24(30)17-28(37(5,34)35)23-15-20(29(32)33)11-8-18(23)3/h8-13,15,22H,6-7,14,16-17H2,1-5H3,(H,26,31). The summed E-state index contributed by atoms with van der Waals surface area (Å²) in [5, 5.41) is 14.1. The molecule has 0 heterocycles. The molecule has 202 valence electrons. The van der Waals surface area contributed by atoms with E-state index in [0.29, 0.717) is 36.3 Å². The number of ether oxygens (including phenoxy) is 1. The van der Waals surface area contributed by atoms with Crippen LogP contribution in [0.2, 0.25) is 0 Å². The van der Waals surface area contributed by atoms with Gasteiger partial charge in [-0.25, -0.2) is 8.42 Å². The summed E-state index contributed by atoms with van der Waals surface area (Å²) in [7, 11) is -2.48. The molecule has 0 saturated heterocycles. The minimum atomic E-state index is -4.01. The molecule has 0 saturated carbocycles. The van der Waals surface area contributed by atoms with Gasteiger partial charge in [-0.2, -0.15) is 0 Å². The Morgan fingerprint density at radius 2 is 1.78 bits per heavy atom. The Kier molecular flexibility index (Phi) is 10.4. The van der Waals surface area contributed by atoms with E-state index in [1.165, 1.54) is 24.1 Å². The van der Waals surface area contributed by atoms with E-state index in [4.69, 9.17) is 4.74 Å². The number of hydrogen-bond acceptors (Lipinski definition) is 7. The van der Waals surface area contributed by atoms with Gasteiger partial charge in [0, 0.05) is 25.2 Å². The smallest absolute Gasteiger partial charge is 0.271 e. The van der Waals surface area contributed by atoms with Crippen molar-refractivity contribution in [3.8, 4) is 5.75 Å². The van der Waals surface area contributed by atoms with Crippen molar-refractivity contribution in [1.82, 2.24) is 10.2 Å². The molecule has 0 radical (unpaired) electrons. The molecule has 1 N–H and O–H groups in total. The molecule has 1 unspecified atom stereocenters. The van der Waals surface area contributed by atoms with Crippen LogP contribution in [-0.4, -0.2) is 62.6 Å². The van der Waals surface area contributed by atoms with Gasteiger partial charge in [-0.05, 0) is 43.0 Å². The third-order valence-corrected chi connectivity index (χ3v) is 6.93. The Labute approximate surface area is 217 Å². The predicted octanol–water partition coefficient (Wildman–Crippen LogP) is 3.01. The highest BCUT2D eigenvalue weighted by Crippen LogP contribution is 2.28. The van der Waals surface area contributed by atoms with E-state index in [0.717, 1.165) is 16.6 Å². The molecule has 2 aromatic carbocycles. The minimum Gasteiger partial charge on any atom is -0.497 e. The van der Waals surface area contributed by atoms with E-state index in [2.05, 4.69) is 5.32 Å². The van der Waals surface area contributed by atoms with Gasteiger partial charge in [0.05, 0.1) is 24.0 Å². The number of carbonyl (C=O) groups is 2. The quantitative estimate of drug-likeness (QED) is 0.308. The maximum Gasteiger partial charge on any atom is 0.271 e. The highest BCUT2D eigenvalue weighted by molar-refractivity contribution is 7.92. The molecule has 0 aliphatic rings. The maximum atomic E-state index is 13.7. The number of anilines is 1. The molecule has 2 aromatic rings. The topological polar surface area (TPSA) is 139 Å². The zero-order valence-corrected chi connectivity index (χ0v) is 22.6. The van der Waals surface area contributed by atoms with Crippen LogP contribution in [0.25, 0.3) is 0 Å². The summed E-state index contributed by atoms with van der Waals surface area (Å²) in [6, 6.07) is 9.94. The number of rotatable bonds is 13. The van der Waals surface area contributed by atoms with Crippen molar-refractivity contribution >= 4 is 33.2 Å². The number of sulfonamides is 1. The lowest BCUT2D eigenvalue weighted by molar-refractivity contribution is -0.384. The fraction of sp³-hybridized carbons (Fsp3) is 0.440. The van der Waals surface area contributed by atoms with E-state index < -0.39 is 33.4 Å². The summed E-state index contributed by atoms with van der Waals surface area (Å²) in [6.07, 6.45) is 1.94. The van der Waals surface area contributed by atoms with Crippen molar-refractivity contribution in [1.29, 1.82) is 0 Å². The molecular formula is C25H34N4O7S. The van der Waals surface area contributed by atoms with Crippen LogP contribution in [0.5, 0.6) is 5.75 Å². The van der Waals surface area contributed by atoms with Crippen LogP contribution >= 0.6 is 0 Å². The number of hydrogen-bond donors (Lipinski definition) is 1. The average molecular weight is 535 g/mol. The molecule has 11 nitrogen and oxygen atoms in total. The van der Waals surface area contributed by atoms with Crippen molar-refractivity contribution in [3.05, 3.63) is 63.7 Å². The maximum absolute atomic E-state index is 13.7. The Balaban J connectivity index is 2.50. The Morgan fingerprint density at radius 1 is 1.14 bits per heavy atom. The number of methoxy groups -OCH3 is 1. The number of nitrogens with one attached hydrogen (secondary N) is 1. The van der Waals surface area contributed by atoms with Crippen LogP contribution in [0.15, 0.2) is 42.5 Å². The number of amides is 2. The third kappa shape index (κ3) is 7.91. The lowest BCUT2D eigenvalue weighted by Gasteiger charge is -2.33. The second kappa shape index (κ2) is 13.0. The van der Waals surface area contributed by atoms with Crippen LogP contribution in [0.3, 0.4) is 0 Å². The summed E-state index contributed by atoms with van der Waals surface area (Å²) in [5.74, 6) is -0.340. The Morgan fingerprint density at radius 3 is 2.30 bits per heavy atom. The number of benzene rings is 2. The molecule has 0 fully saturated rings. The molecule has 2 rings (SSSR count). The van der Waals surface area contributed by atoms with Crippen LogP contribution in [0.1, 0.15) is 37.8 Å². The van der Waals surface area contributed by atoms with Gasteiger partial charge in [0.2, 0.25) is 21.8 Å². The number of non-ortho nitro benzene ring substituents is 1. The van der Waals surface area contributed by atoms with Crippen LogP contribution in [-0.2, 0) is 26.2 Å². The largest absolute Gasteiger partial charge is 0.497 e. The van der Waals surface area contributed by atoms with E-state index in [1.54, 1.807) is 38.1 Å². The van der Waals surface area contributed by atoms with Crippen molar-refractivity contribution < 1.29 is 27.7 Å². The molecule has 1 atom stereocenters. The lowest BCUT2D eigenvalue weighted by Crippen LogP contribution is -2.52. The first-order chi connectivity index (χ1) is 17.4. The number of nitrogens with zero attached hydrogens (tertiary/aromatic N) is 3. The van der Waals surface area contributed by atoms with E-state index in [-0.39, 0.29) is 23.8 Å². The molecule has 0 bridgehead atoms. The van der Waals surface area contributed by atoms with E-state index in [1.807, 2.05) is 6.92 Å². The molecule has 0 spiro atoms. The molecular weight excluding hydrogens is 500 g/mol. The summed E-state index contributed by atoms with van der Waals surface area (Å²) >= 11 is 0. The summed E-state index contributed by atoms with van der Waals surface area (Å²) in [5.41, 5.74) is 0.881. The monoisotopic (exact) mass is 534 g/mol. The molecule has 0 aliphatic carbocycles. The van der Waals surface area contributed by atoms with Gasteiger partial charge in [0.1, 0.15) is 18.3 Å². The molecule has 12 heteroatoms. The third-order valence-electron chi connectivity index (χ3n) is 5.80. The van der Waals surface area contributed by atoms with Gasteiger partial charge >= 0.3 is 0 Å². The predicted molar refractivity (Wildman–Crippen MR) is 141 cm³/mol. The van der Waals surface area contributed by atoms with Crippen molar-refractivity contribution in [3.63, 3.8) is 0 Å². The van der Waals surface area contributed by atoms with Gasteiger partial charge in [0.15, 0.2) is 0 Å². The number of carbonyl (C=O) groups excluding carboxylic acids is 2. The van der Waals surface area contributed by atoms with E-state index in [9.17, 15) is 28.1 Å². The highest BCUT2D eigenvalue weighted by Gasteiger charge is 2.32. The van der Waals surface area contributed by atoms with E-state index >= 15 is 0 Å². The zero-order valence-electron chi connectivity index (χ0n) is 21.8. The van der Waals surface area contributed by atoms with Crippen LogP contribution in [0, 0.1) is 17.0 Å². The Bertz CT molecular complexity index is 1220. The fourth-order valence-electron chi connectivity index (χ4n) is 3.79. The highest BCUT2D eigenvalue weighted by atomic mass is 32.2.